The molecule has 1 N–H and O–H groups in total. The van der Waals surface area contributed by atoms with Crippen LogP contribution in [0.1, 0.15) is 19.8 Å². The van der Waals surface area contributed by atoms with Crippen LogP contribution in [0.3, 0.4) is 0 Å². The Balaban J connectivity index is 0.00000208. The van der Waals surface area contributed by atoms with Crippen LogP contribution < -0.4 is 5.32 Å². The molecule has 0 saturated carbocycles. The highest BCUT2D eigenvalue weighted by Crippen LogP contribution is 2.33. The number of hydrogen-bond donors (Lipinski definition) is 1. The molecule has 4 nitrogen and oxygen atoms in total. The van der Waals surface area contributed by atoms with Gasteiger partial charge in [0.15, 0.2) is 0 Å². The van der Waals surface area contributed by atoms with E-state index in [2.05, 4.69) is 12.2 Å². The lowest BCUT2D eigenvalue weighted by Gasteiger charge is -2.30. The predicted molar refractivity (Wildman–Crippen MR) is 104 cm³/mol. The first-order valence-electron chi connectivity index (χ1n) is 7.90. The van der Waals surface area contributed by atoms with Crippen molar-refractivity contribution in [2.75, 3.05) is 26.2 Å². The highest BCUT2D eigenvalue weighted by atomic mass is 35.5. The van der Waals surface area contributed by atoms with Crippen LogP contribution >= 0.6 is 35.3 Å². The van der Waals surface area contributed by atoms with Gasteiger partial charge in [-0.15, -0.1) is 23.7 Å². The smallest absolute Gasteiger partial charge is 0.252 e. The van der Waals surface area contributed by atoms with Gasteiger partial charge in [0.25, 0.3) is 10.0 Å². The topological polar surface area (TPSA) is 49.4 Å². The average molecular weight is 409 g/mol. The summed E-state index contributed by atoms with van der Waals surface area (Å²) in [6, 6.07) is 7.23. The Bertz CT molecular complexity index is 784. The van der Waals surface area contributed by atoms with E-state index >= 15 is 0 Å². The zero-order valence-electron chi connectivity index (χ0n) is 13.5. The Labute approximate surface area is 158 Å². The quantitative estimate of drug-likeness (QED) is 0.813. The molecule has 1 aliphatic heterocycles. The van der Waals surface area contributed by atoms with Crippen molar-refractivity contribution in [3.05, 3.63) is 29.3 Å². The van der Waals surface area contributed by atoms with Crippen molar-refractivity contribution < 1.29 is 8.42 Å². The highest BCUT2D eigenvalue weighted by molar-refractivity contribution is 7.91. The molecule has 1 fully saturated rings. The van der Waals surface area contributed by atoms with Crippen molar-refractivity contribution in [1.29, 1.82) is 0 Å². The third-order valence-electron chi connectivity index (χ3n) is 4.31. The van der Waals surface area contributed by atoms with Crippen LogP contribution in [0.5, 0.6) is 0 Å². The van der Waals surface area contributed by atoms with Crippen LogP contribution in [-0.4, -0.2) is 38.9 Å². The lowest BCUT2D eigenvalue weighted by atomic mass is 9.98. The maximum Gasteiger partial charge on any atom is 0.252 e. The molecule has 24 heavy (non-hydrogen) atoms. The molecule has 1 aromatic heterocycles. The van der Waals surface area contributed by atoms with E-state index in [4.69, 9.17) is 11.6 Å². The molecule has 2 heterocycles. The number of hydrogen-bond acceptors (Lipinski definition) is 4. The van der Waals surface area contributed by atoms with Gasteiger partial charge in [0.2, 0.25) is 0 Å². The molecule has 134 valence electrons. The molecule has 1 aromatic carbocycles. The molecule has 0 atom stereocenters. The second kappa shape index (κ2) is 8.34. The number of fused-ring (bicyclic) bond motifs is 1. The van der Waals surface area contributed by atoms with Gasteiger partial charge in [0.1, 0.15) is 4.21 Å². The maximum atomic E-state index is 12.9. The first-order chi connectivity index (χ1) is 11.0. The summed E-state index contributed by atoms with van der Waals surface area (Å²) in [7, 11) is -3.39. The van der Waals surface area contributed by atoms with Gasteiger partial charge in [-0.25, -0.2) is 8.42 Å². The molecule has 0 amide bonds. The van der Waals surface area contributed by atoms with E-state index in [-0.39, 0.29) is 12.4 Å². The van der Waals surface area contributed by atoms with Crippen molar-refractivity contribution in [1.82, 2.24) is 9.62 Å². The third-order valence-corrected chi connectivity index (χ3v) is 8.01. The number of nitrogens with one attached hydrogen (secondary N) is 1. The zero-order chi connectivity index (χ0) is 16.4. The summed E-state index contributed by atoms with van der Waals surface area (Å²) >= 11 is 7.31. The Morgan fingerprint density at radius 1 is 1.29 bits per heavy atom. The van der Waals surface area contributed by atoms with E-state index in [0.29, 0.717) is 28.2 Å². The van der Waals surface area contributed by atoms with E-state index in [1.165, 1.54) is 11.3 Å². The molecule has 0 bridgehead atoms. The maximum absolute atomic E-state index is 12.9. The van der Waals surface area contributed by atoms with Gasteiger partial charge in [-0.3, -0.25) is 0 Å². The van der Waals surface area contributed by atoms with Crippen molar-refractivity contribution in [2.45, 2.75) is 24.0 Å². The van der Waals surface area contributed by atoms with Crippen LogP contribution in [-0.2, 0) is 10.0 Å². The second-order valence-electron chi connectivity index (χ2n) is 5.90. The van der Waals surface area contributed by atoms with Gasteiger partial charge >= 0.3 is 0 Å². The Hall–Kier alpha value is -0.370. The number of halogens is 2. The van der Waals surface area contributed by atoms with Gasteiger partial charge in [0.05, 0.1) is 0 Å². The van der Waals surface area contributed by atoms with Gasteiger partial charge in [0, 0.05) is 22.8 Å². The number of rotatable bonds is 5. The summed E-state index contributed by atoms with van der Waals surface area (Å²) in [5.41, 5.74) is 0. The molecule has 2 aromatic rings. The normalized spacial score (nSPS) is 17.1. The lowest BCUT2D eigenvalue weighted by molar-refractivity contribution is 0.269. The van der Waals surface area contributed by atoms with E-state index in [1.807, 2.05) is 12.1 Å². The molecular formula is C16H22Cl2N2O2S2. The first-order valence-corrected chi connectivity index (χ1v) is 10.5. The second-order valence-corrected chi connectivity index (χ2v) is 9.59. The summed E-state index contributed by atoms with van der Waals surface area (Å²) in [5.74, 6) is 0.572. The zero-order valence-corrected chi connectivity index (χ0v) is 16.7. The minimum absolute atomic E-state index is 0. The number of thiophene rings is 1. The third kappa shape index (κ3) is 4.23. The van der Waals surface area contributed by atoms with E-state index in [1.54, 1.807) is 16.4 Å². The number of nitrogens with zero attached hydrogens (tertiary/aromatic N) is 1. The van der Waals surface area contributed by atoms with Crippen LogP contribution in [0.15, 0.2) is 28.5 Å². The molecule has 1 aliphatic rings. The molecule has 8 heteroatoms. The summed E-state index contributed by atoms with van der Waals surface area (Å²) < 4.78 is 28.7. The van der Waals surface area contributed by atoms with Crippen LogP contribution in [0.4, 0.5) is 0 Å². The highest BCUT2D eigenvalue weighted by Gasteiger charge is 2.30. The molecule has 0 unspecified atom stereocenters. The fraction of sp³-hybridized carbons (Fsp3) is 0.500. The standard InChI is InChI=1S/C16H21ClN2O2S2.ClH/c1-2-18-11-12-5-7-19(8-6-12)23(20,21)16-10-13-9-14(17)3-4-15(13)22-16;/h3-4,9-10,12,18H,2,5-8,11H2,1H3;1H. The van der Waals surface area contributed by atoms with Gasteiger partial charge in [-0.2, -0.15) is 4.31 Å². The van der Waals surface area contributed by atoms with Gasteiger partial charge in [-0.05, 0) is 61.5 Å². The van der Waals surface area contributed by atoms with E-state index < -0.39 is 10.0 Å². The van der Waals surface area contributed by atoms with Crippen LogP contribution in [0, 0.1) is 5.92 Å². The van der Waals surface area contributed by atoms with Gasteiger partial charge in [-0.1, -0.05) is 18.5 Å². The fourth-order valence-electron chi connectivity index (χ4n) is 2.95. The van der Waals surface area contributed by atoms with Crippen molar-refractivity contribution >= 4 is 55.5 Å². The monoisotopic (exact) mass is 408 g/mol. The van der Waals surface area contributed by atoms with E-state index in [9.17, 15) is 8.42 Å². The van der Waals surface area contributed by atoms with E-state index in [0.717, 1.165) is 36.0 Å². The van der Waals surface area contributed by atoms with Crippen LogP contribution in [0.2, 0.25) is 5.02 Å². The summed E-state index contributed by atoms with van der Waals surface area (Å²) in [6.07, 6.45) is 1.84. The predicted octanol–water partition coefficient (Wildman–Crippen LogP) is 3.99. The first kappa shape index (κ1) is 19.9. The van der Waals surface area contributed by atoms with Crippen molar-refractivity contribution in [2.24, 2.45) is 5.92 Å². The Morgan fingerprint density at radius 2 is 2.00 bits per heavy atom. The summed E-state index contributed by atoms with van der Waals surface area (Å²) in [5, 5.41) is 4.87. The number of piperidine rings is 1. The summed E-state index contributed by atoms with van der Waals surface area (Å²) in [6.45, 7) is 5.24. The minimum Gasteiger partial charge on any atom is -0.317 e. The van der Waals surface area contributed by atoms with Crippen LogP contribution in [0.25, 0.3) is 10.1 Å². The largest absolute Gasteiger partial charge is 0.317 e. The van der Waals surface area contributed by atoms with Gasteiger partial charge < -0.3 is 5.32 Å². The van der Waals surface area contributed by atoms with Crippen molar-refractivity contribution in [3.8, 4) is 0 Å². The lowest BCUT2D eigenvalue weighted by Crippen LogP contribution is -2.40. The number of sulfonamides is 1. The molecular weight excluding hydrogens is 387 g/mol. The Morgan fingerprint density at radius 3 is 2.67 bits per heavy atom. The molecule has 1 saturated heterocycles. The summed E-state index contributed by atoms with van der Waals surface area (Å²) in [4.78, 5) is 0. The minimum atomic E-state index is -3.39. The van der Waals surface area contributed by atoms with Crippen molar-refractivity contribution in [3.63, 3.8) is 0 Å². The molecule has 0 radical (unpaired) electrons. The Kier molecular flexibility index (Phi) is 6.93. The SMILES string of the molecule is CCNCC1CCN(S(=O)(=O)c2cc3cc(Cl)ccc3s2)CC1.Cl. The molecule has 0 spiro atoms. The number of benzene rings is 1. The average Bonchev–Trinajstić information content (AvgIpc) is 2.97. The molecule has 0 aliphatic carbocycles. The fourth-order valence-corrected chi connectivity index (χ4v) is 6.13. The molecule has 3 rings (SSSR count).